The topological polar surface area (TPSA) is 86.7 Å². The number of carbonyl (C=O) groups is 2. The van der Waals surface area contributed by atoms with E-state index in [4.69, 9.17) is 0 Å². The van der Waals surface area contributed by atoms with E-state index in [1.54, 1.807) is 18.2 Å². The van der Waals surface area contributed by atoms with Crippen LogP contribution < -0.4 is 10.6 Å². The van der Waals surface area contributed by atoms with Crippen molar-refractivity contribution in [3.8, 4) is 0 Å². The van der Waals surface area contributed by atoms with Gasteiger partial charge >= 0.3 is 0 Å². The summed E-state index contributed by atoms with van der Waals surface area (Å²) in [6.45, 7) is 2.84. The number of hydrogen-bond acceptors (Lipinski definition) is 6. The molecule has 0 radical (unpaired) electrons. The quantitative estimate of drug-likeness (QED) is 0.657. The van der Waals surface area contributed by atoms with Crippen molar-refractivity contribution < 1.29 is 9.59 Å². The van der Waals surface area contributed by atoms with E-state index in [1.807, 2.05) is 29.2 Å². The Morgan fingerprint density at radius 3 is 2.85 bits per heavy atom. The highest BCUT2D eigenvalue weighted by Crippen LogP contribution is 2.29. The first kappa shape index (κ1) is 16.0. The predicted octanol–water partition coefficient (Wildman–Crippen LogP) is 2.25. The summed E-state index contributed by atoms with van der Waals surface area (Å²) in [5.41, 5.74) is 2.42. The second-order valence-corrected chi connectivity index (χ2v) is 6.03. The van der Waals surface area contributed by atoms with Crippen LogP contribution in [0, 0.1) is 0 Å². The third-order valence-corrected chi connectivity index (χ3v) is 4.18. The van der Waals surface area contributed by atoms with E-state index in [0.29, 0.717) is 23.7 Å². The Morgan fingerprint density at radius 1 is 1.23 bits per heavy atom. The van der Waals surface area contributed by atoms with E-state index in [0.717, 1.165) is 23.6 Å². The second-order valence-electron chi connectivity index (χ2n) is 6.03. The number of nitrogens with one attached hydrogen (secondary N) is 2. The first-order valence-corrected chi connectivity index (χ1v) is 8.30. The summed E-state index contributed by atoms with van der Waals surface area (Å²) < 4.78 is 0. The lowest BCUT2D eigenvalue weighted by Gasteiger charge is -2.31. The number of benzene rings is 1. The van der Waals surface area contributed by atoms with Crippen LogP contribution in [0.15, 0.2) is 59.5 Å². The van der Waals surface area contributed by atoms with Gasteiger partial charge < -0.3 is 15.5 Å². The molecule has 0 fully saturated rings. The van der Waals surface area contributed by atoms with E-state index < -0.39 is 0 Å². The molecule has 1 aromatic heterocycles. The molecular weight excluding hydrogens is 330 g/mol. The van der Waals surface area contributed by atoms with Gasteiger partial charge in [-0.05, 0) is 24.3 Å². The molecule has 0 aliphatic carbocycles. The molecule has 3 heterocycles. The molecule has 0 unspecified atom stereocenters. The molecule has 0 bridgehead atoms. The molecular formula is C19H17N5O2. The number of rotatable bonds is 3. The highest BCUT2D eigenvalue weighted by Gasteiger charge is 2.29. The molecule has 0 spiro atoms. The van der Waals surface area contributed by atoms with Crippen molar-refractivity contribution in [2.75, 3.05) is 23.7 Å². The van der Waals surface area contributed by atoms with Crippen molar-refractivity contribution in [1.29, 1.82) is 0 Å². The molecule has 2 aliphatic heterocycles. The number of nitrogens with zero attached hydrogens (tertiary/aromatic N) is 3. The van der Waals surface area contributed by atoms with Crippen molar-refractivity contribution in [2.24, 2.45) is 4.99 Å². The number of allylic oxidation sites excluding steroid dienone is 1. The third-order valence-electron chi connectivity index (χ3n) is 4.18. The van der Waals surface area contributed by atoms with Crippen LogP contribution in [0.5, 0.6) is 0 Å². The van der Waals surface area contributed by atoms with Crippen LogP contribution in [0.3, 0.4) is 0 Å². The minimum atomic E-state index is -0.204. The minimum absolute atomic E-state index is 0.167. The van der Waals surface area contributed by atoms with Gasteiger partial charge in [0.05, 0.1) is 12.2 Å². The maximum Gasteiger partial charge on any atom is 0.222 e. The molecule has 2 aromatic rings. The molecule has 0 saturated heterocycles. The van der Waals surface area contributed by atoms with Gasteiger partial charge in [-0.3, -0.25) is 14.6 Å². The fourth-order valence-electron chi connectivity index (χ4n) is 3.02. The molecule has 2 N–H and O–H groups in total. The lowest BCUT2D eigenvalue weighted by molar-refractivity contribution is -0.114. The fraction of sp³-hybridized carbons (Fsp3) is 0.158. The van der Waals surface area contributed by atoms with Crippen LogP contribution in [0.2, 0.25) is 0 Å². The van der Waals surface area contributed by atoms with Crippen molar-refractivity contribution in [1.82, 2.24) is 9.88 Å². The molecule has 0 saturated carbocycles. The number of amidine groups is 1. The molecule has 0 atom stereocenters. The molecule has 26 heavy (non-hydrogen) atoms. The Morgan fingerprint density at radius 2 is 2.08 bits per heavy atom. The zero-order valence-corrected chi connectivity index (χ0v) is 14.2. The number of fused-ring (bicyclic) bond motifs is 3. The Labute approximate surface area is 150 Å². The highest BCUT2D eigenvalue weighted by atomic mass is 16.1. The molecule has 4 rings (SSSR count). The fourth-order valence-corrected chi connectivity index (χ4v) is 3.02. The average Bonchev–Trinajstić information content (AvgIpc) is 3.12. The van der Waals surface area contributed by atoms with Crippen molar-refractivity contribution in [3.63, 3.8) is 0 Å². The number of aromatic nitrogens is 1. The number of ketones is 1. The number of aliphatic imine (C=N–C) groups is 1. The smallest absolute Gasteiger partial charge is 0.222 e. The van der Waals surface area contributed by atoms with E-state index in [-0.39, 0.29) is 11.7 Å². The van der Waals surface area contributed by atoms with Gasteiger partial charge in [0.1, 0.15) is 17.5 Å². The Hall–Kier alpha value is -3.48. The summed E-state index contributed by atoms with van der Waals surface area (Å²) in [7, 11) is 0. The lowest BCUT2D eigenvalue weighted by Crippen LogP contribution is -2.36. The van der Waals surface area contributed by atoms with Gasteiger partial charge in [0.2, 0.25) is 5.91 Å². The number of para-hydroxylation sites is 1. The van der Waals surface area contributed by atoms with Crippen LogP contribution >= 0.6 is 0 Å². The van der Waals surface area contributed by atoms with Crippen LogP contribution in [0.4, 0.5) is 11.5 Å². The summed E-state index contributed by atoms with van der Waals surface area (Å²) in [5.74, 6) is 1.64. The van der Waals surface area contributed by atoms with Crippen molar-refractivity contribution in [2.45, 2.75) is 6.92 Å². The summed E-state index contributed by atoms with van der Waals surface area (Å²) in [4.78, 5) is 34.4. The van der Waals surface area contributed by atoms with Crippen LogP contribution in [0.25, 0.3) is 0 Å². The third kappa shape index (κ3) is 2.95. The Balaban J connectivity index is 1.61. The molecule has 1 amide bonds. The van der Waals surface area contributed by atoms with Crippen molar-refractivity contribution in [3.05, 3.63) is 65.6 Å². The van der Waals surface area contributed by atoms with Gasteiger partial charge in [-0.2, -0.15) is 0 Å². The van der Waals surface area contributed by atoms with Crippen LogP contribution in [-0.4, -0.2) is 40.5 Å². The number of amides is 1. The van der Waals surface area contributed by atoms with Gasteiger partial charge in [0.25, 0.3) is 0 Å². The Bertz CT molecular complexity index is 947. The second kappa shape index (κ2) is 6.44. The highest BCUT2D eigenvalue weighted by molar-refractivity contribution is 6.10. The summed E-state index contributed by atoms with van der Waals surface area (Å²) >= 11 is 0. The lowest BCUT2D eigenvalue weighted by atomic mass is 10.1. The molecule has 130 valence electrons. The molecule has 2 aliphatic rings. The Kier molecular flexibility index (Phi) is 3.96. The van der Waals surface area contributed by atoms with Crippen molar-refractivity contribution >= 4 is 29.0 Å². The zero-order valence-electron chi connectivity index (χ0n) is 14.2. The predicted molar refractivity (Wildman–Crippen MR) is 99.1 cm³/mol. The zero-order chi connectivity index (χ0) is 18.1. The van der Waals surface area contributed by atoms with E-state index in [1.165, 1.54) is 13.1 Å². The first-order valence-electron chi connectivity index (χ1n) is 8.30. The van der Waals surface area contributed by atoms with Gasteiger partial charge in [-0.15, -0.1) is 0 Å². The molecule has 7 heteroatoms. The summed E-state index contributed by atoms with van der Waals surface area (Å²) in [6, 6.07) is 11.2. The normalized spacial score (nSPS) is 16.4. The number of anilines is 2. The largest absolute Gasteiger partial charge is 0.341 e. The number of hydrogen-bond donors (Lipinski definition) is 2. The van der Waals surface area contributed by atoms with E-state index in [9.17, 15) is 9.59 Å². The number of pyridine rings is 1. The van der Waals surface area contributed by atoms with Crippen LogP contribution in [0.1, 0.15) is 22.8 Å². The SMILES string of the molecule is CC(=O)Nc1ccc(C(=O)/C=C2\Nc3ccccc3C3=NCCN32)cn1. The minimum Gasteiger partial charge on any atom is -0.341 e. The van der Waals surface area contributed by atoms with Gasteiger partial charge in [-0.1, -0.05) is 12.1 Å². The van der Waals surface area contributed by atoms with Crippen LogP contribution in [-0.2, 0) is 4.79 Å². The van der Waals surface area contributed by atoms with E-state index in [2.05, 4.69) is 20.6 Å². The monoisotopic (exact) mass is 347 g/mol. The van der Waals surface area contributed by atoms with Gasteiger partial charge in [0, 0.05) is 36.9 Å². The summed E-state index contributed by atoms with van der Waals surface area (Å²) in [5, 5.41) is 5.89. The average molecular weight is 347 g/mol. The number of carbonyl (C=O) groups excluding carboxylic acids is 2. The van der Waals surface area contributed by atoms with E-state index >= 15 is 0 Å². The summed E-state index contributed by atoms with van der Waals surface area (Å²) in [6.07, 6.45) is 3.02. The first-order chi connectivity index (χ1) is 12.6. The van der Waals surface area contributed by atoms with Gasteiger partial charge in [0.15, 0.2) is 5.78 Å². The maximum absolute atomic E-state index is 12.6. The van der Waals surface area contributed by atoms with Gasteiger partial charge in [-0.25, -0.2) is 4.98 Å². The maximum atomic E-state index is 12.6. The standard InChI is InChI=1S/C19H17N5O2/c1-12(25)22-17-7-6-13(11-21-17)16(26)10-18-23-15-5-3-2-4-14(15)19-20-8-9-24(18)19/h2-7,10-11,23H,8-9H2,1H3,(H,21,22,25)/b18-10+. The molecule has 1 aromatic carbocycles. The molecule has 7 nitrogen and oxygen atoms in total.